The minimum absolute atomic E-state index is 0.0206. The van der Waals surface area contributed by atoms with Gasteiger partial charge in [-0.25, -0.2) is 5.84 Å². The van der Waals surface area contributed by atoms with Gasteiger partial charge in [0.2, 0.25) is 0 Å². The molecule has 0 saturated carbocycles. The van der Waals surface area contributed by atoms with Gasteiger partial charge in [0.05, 0.1) is 18.9 Å². The molecule has 1 aliphatic heterocycles. The van der Waals surface area contributed by atoms with E-state index in [0.29, 0.717) is 13.0 Å². The number of ether oxygens (including phenoxy) is 2. The van der Waals surface area contributed by atoms with E-state index in [1.54, 1.807) is 7.11 Å². The van der Waals surface area contributed by atoms with Gasteiger partial charge in [-0.15, -0.1) is 0 Å². The molecule has 2 unspecified atom stereocenters. The van der Waals surface area contributed by atoms with Crippen molar-refractivity contribution >= 4 is 11.6 Å². The third kappa shape index (κ3) is 3.20. The summed E-state index contributed by atoms with van der Waals surface area (Å²) in [6.45, 7) is 0.703. The molecule has 20 heavy (non-hydrogen) atoms. The molecule has 1 aromatic carbocycles. The van der Waals surface area contributed by atoms with E-state index in [2.05, 4.69) is 10.3 Å². The van der Waals surface area contributed by atoms with Crippen LogP contribution in [0.25, 0.3) is 0 Å². The van der Waals surface area contributed by atoms with Gasteiger partial charge >= 0.3 is 0 Å². The molecular formula is C14H21N3O3. The average Bonchev–Trinajstić information content (AvgIpc) is 2.94. The molecule has 110 valence electrons. The predicted molar refractivity (Wildman–Crippen MR) is 76.5 cm³/mol. The highest BCUT2D eigenvalue weighted by Crippen LogP contribution is 2.28. The summed E-state index contributed by atoms with van der Waals surface area (Å²) in [5, 5.41) is 0. The SMILES string of the molecule is COc1ccccc1N(C)CC1CCC(C(=O)NN)O1. The minimum atomic E-state index is -0.434. The number of nitrogens with two attached hydrogens (primary N) is 1. The summed E-state index contributed by atoms with van der Waals surface area (Å²) in [5.74, 6) is 5.69. The van der Waals surface area contributed by atoms with Crippen LogP contribution in [0.2, 0.25) is 0 Å². The Kier molecular flexibility index (Phi) is 4.81. The van der Waals surface area contributed by atoms with E-state index < -0.39 is 6.10 Å². The van der Waals surface area contributed by atoms with Gasteiger partial charge in [0.1, 0.15) is 11.9 Å². The van der Waals surface area contributed by atoms with Crippen LogP contribution in [0.15, 0.2) is 24.3 Å². The predicted octanol–water partition coefficient (Wildman–Crippen LogP) is 0.669. The normalized spacial score (nSPS) is 21.6. The lowest BCUT2D eigenvalue weighted by Crippen LogP contribution is -2.40. The number of rotatable bonds is 5. The van der Waals surface area contributed by atoms with E-state index in [9.17, 15) is 4.79 Å². The molecule has 1 saturated heterocycles. The first-order chi connectivity index (χ1) is 9.65. The Labute approximate surface area is 118 Å². The number of hydrogen-bond acceptors (Lipinski definition) is 5. The van der Waals surface area contributed by atoms with Gasteiger partial charge in [-0.3, -0.25) is 10.2 Å². The maximum absolute atomic E-state index is 11.4. The topological polar surface area (TPSA) is 76.8 Å². The third-order valence-corrected chi connectivity index (χ3v) is 3.52. The molecule has 2 atom stereocenters. The summed E-state index contributed by atoms with van der Waals surface area (Å²) in [6, 6.07) is 7.82. The summed E-state index contributed by atoms with van der Waals surface area (Å²) in [4.78, 5) is 13.5. The highest BCUT2D eigenvalue weighted by molar-refractivity contribution is 5.80. The van der Waals surface area contributed by atoms with Crippen LogP contribution in [0.1, 0.15) is 12.8 Å². The molecule has 0 aliphatic carbocycles. The van der Waals surface area contributed by atoms with Crippen molar-refractivity contribution in [1.82, 2.24) is 5.43 Å². The number of hydrogen-bond donors (Lipinski definition) is 2. The van der Waals surface area contributed by atoms with Gasteiger partial charge in [0, 0.05) is 13.6 Å². The number of carbonyl (C=O) groups is 1. The Morgan fingerprint density at radius 1 is 1.50 bits per heavy atom. The van der Waals surface area contributed by atoms with Crippen molar-refractivity contribution in [3.63, 3.8) is 0 Å². The number of nitrogens with one attached hydrogen (secondary N) is 1. The molecule has 0 spiro atoms. The van der Waals surface area contributed by atoms with Crippen molar-refractivity contribution in [1.29, 1.82) is 0 Å². The first-order valence-corrected chi connectivity index (χ1v) is 6.65. The second kappa shape index (κ2) is 6.58. The number of methoxy groups -OCH3 is 1. The number of anilines is 1. The van der Waals surface area contributed by atoms with E-state index >= 15 is 0 Å². The molecule has 1 amide bonds. The van der Waals surface area contributed by atoms with E-state index in [4.69, 9.17) is 15.3 Å². The standard InChI is InChI=1S/C14H21N3O3/c1-17(11-5-3-4-6-12(11)19-2)9-10-7-8-13(20-10)14(18)16-15/h3-6,10,13H,7-9,15H2,1-2H3,(H,16,18). The van der Waals surface area contributed by atoms with Gasteiger partial charge in [0.25, 0.3) is 5.91 Å². The van der Waals surface area contributed by atoms with Crippen LogP contribution >= 0.6 is 0 Å². The number of benzene rings is 1. The summed E-state index contributed by atoms with van der Waals surface area (Å²) < 4.78 is 11.0. The van der Waals surface area contributed by atoms with Crippen LogP contribution in [-0.2, 0) is 9.53 Å². The minimum Gasteiger partial charge on any atom is -0.495 e. The lowest BCUT2D eigenvalue weighted by atomic mass is 10.1. The molecule has 1 heterocycles. The first-order valence-electron chi connectivity index (χ1n) is 6.65. The van der Waals surface area contributed by atoms with Gasteiger partial charge in [-0.2, -0.15) is 0 Å². The quantitative estimate of drug-likeness (QED) is 0.470. The van der Waals surface area contributed by atoms with Crippen LogP contribution < -0.4 is 20.9 Å². The van der Waals surface area contributed by atoms with Crippen molar-refractivity contribution < 1.29 is 14.3 Å². The zero-order chi connectivity index (χ0) is 14.5. The summed E-state index contributed by atoms with van der Waals surface area (Å²) in [5.41, 5.74) is 3.14. The molecule has 0 aromatic heterocycles. The highest BCUT2D eigenvalue weighted by Gasteiger charge is 2.31. The molecule has 1 aliphatic rings. The van der Waals surface area contributed by atoms with Gasteiger partial charge in [-0.05, 0) is 25.0 Å². The summed E-state index contributed by atoms with van der Waals surface area (Å²) in [7, 11) is 3.64. The summed E-state index contributed by atoms with van der Waals surface area (Å²) >= 11 is 0. The van der Waals surface area contributed by atoms with Gasteiger partial charge in [-0.1, -0.05) is 12.1 Å². The van der Waals surface area contributed by atoms with E-state index in [-0.39, 0.29) is 12.0 Å². The Morgan fingerprint density at radius 2 is 2.25 bits per heavy atom. The first kappa shape index (κ1) is 14.6. The number of para-hydroxylation sites is 2. The van der Waals surface area contributed by atoms with Crippen LogP contribution in [-0.4, -0.2) is 38.8 Å². The molecule has 3 N–H and O–H groups in total. The van der Waals surface area contributed by atoms with Crippen molar-refractivity contribution in [3.8, 4) is 5.75 Å². The molecule has 6 nitrogen and oxygen atoms in total. The molecule has 2 rings (SSSR count). The number of amides is 1. The second-order valence-electron chi connectivity index (χ2n) is 4.89. The number of nitrogens with zero attached hydrogens (tertiary/aromatic N) is 1. The Hall–Kier alpha value is -1.79. The molecule has 0 bridgehead atoms. The van der Waals surface area contributed by atoms with E-state index in [1.807, 2.05) is 31.3 Å². The van der Waals surface area contributed by atoms with Crippen LogP contribution in [0.5, 0.6) is 5.75 Å². The number of hydrazine groups is 1. The molecular weight excluding hydrogens is 258 g/mol. The molecule has 1 fully saturated rings. The fraction of sp³-hybridized carbons (Fsp3) is 0.500. The van der Waals surface area contributed by atoms with Crippen LogP contribution in [0, 0.1) is 0 Å². The van der Waals surface area contributed by atoms with Crippen molar-refractivity contribution in [3.05, 3.63) is 24.3 Å². The Morgan fingerprint density at radius 3 is 2.95 bits per heavy atom. The summed E-state index contributed by atoms with van der Waals surface area (Å²) in [6.07, 6.45) is 1.13. The monoisotopic (exact) mass is 279 g/mol. The average molecular weight is 279 g/mol. The Bertz CT molecular complexity index is 467. The fourth-order valence-corrected chi connectivity index (χ4v) is 2.47. The lowest BCUT2D eigenvalue weighted by molar-refractivity contribution is -0.131. The van der Waals surface area contributed by atoms with Crippen LogP contribution in [0.4, 0.5) is 5.69 Å². The van der Waals surface area contributed by atoms with Crippen molar-refractivity contribution in [2.75, 3.05) is 25.6 Å². The highest BCUT2D eigenvalue weighted by atomic mass is 16.5. The number of likely N-dealkylation sites (N-methyl/N-ethyl adjacent to an activating group) is 1. The third-order valence-electron chi connectivity index (χ3n) is 3.52. The molecule has 1 aromatic rings. The largest absolute Gasteiger partial charge is 0.495 e. The zero-order valence-electron chi connectivity index (χ0n) is 11.8. The van der Waals surface area contributed by atoms with E-state index in [0.717, 1.165) is 17.9 Å². The zero-order valence-corrected chi connectivity index (χ0v) is 11.8. The Balaban J connectivity index is 1.95. The lowest BCUT2D eigenvalue weighted by Gasteiger charge is -2.24. The second-order valence-corrected chi connectivity index (χ2v) is 4.89. The smallest absolute Gasteiger partial charge is 0.263 e. The maximum atomic E-state index is 11.4. The van der Waals surface area contributed by atoms with Gasteiger partial charge < -0.3 is 14.4 Å². The van der Waals surface area contributed by atoms with Crippen molar-refractivity contribution in [2.45, 2.75) is 25.0 Å². The van der Waals surface area contributed by atoms with Crippen LogP contribution in [0.3, 0.4) is 0 Å². The van der Waals surface area contributed by atoms with Crippen molar-refractivity contribution in [2.24, 2.45) is 5.84 Å². The molecule has 6 heteroatoms. The van der Waals surface area contributed by atoms with Gasteiger partial charge in [0.15, 0.2) is 0 Å². The fourth-order valence-electron chi connectivity index (χ4n) is 2.47. The number of carbonyl (C=O) groups excluding carboxylic acids is 1. The molecule has 0 radical (unpaired) electrons. The maximum Gasteiger partial charge on any atom is 0.263 e. The van der Waals surface area contributed by atoms with E-state index in [1.165, 1.54) is 0 Å².